The third-order valence-electron chi connectivity index (χ3n) is 4.81. The molecular formula is C22H27ClO6. The van der Waals surface area contributed by atoms with E-state index in [9.17, 15) is 20.1 Å². The van der Waals surface area contributed by atoms with Crippen molar-refractivity contribution in [2.45, 2.75) is 37.6 Å². The van der Waals surface area contributed by atoms with E-state index in [1.807, 2.05) is 12.2 Å². The van der Waals surface area contributed by atoms with E-state index in [0.717, 1.165) is 6.08 Å². The van der Waals surface area contributed by atoms with Gasteiger partial charge in [-0.1, -0.05) is 42.0 Å². The second kappa shape index (κ2) is 11.8. The number of carboxylic acids is 1. The van der Waals surface area contributed by atoms with E-state index in [-0.39, 0.29) is 24.9 Å². The van der Waals surface area contributed by atoms with E-state index in [1.165, 1.54) is 6.08 Å². The number of ether oxygens (including phenoxy) is 1. The second-order valence-electron chi connectivity index (χ2n) is 7.01. The SMILES string of the molecule is O=C(O)/C=C/C/C=C\C[C@@H]1[C@@H](/C=C/[C@@H](O)COc2ccc(Cl)cc2)[C@H](O)C[C@@H]1O. The summed E-state index contributed by atoms with van der Waals surface area (Å²) in [5.74, 6) is -0.852. The summed E-state index contributed by atoms with van der Waals surface area (Å²) in [4.78, 5) is 10.4. The lowest BCUT2D eigenvalue weighted by Gasteiger charge is -2.19. The number of halogens is 1. The predicted molar refractivity (Wildman–Crippen MR) is 111 cm³/mol. The van der Waals surface area contributed by atoms with E-state index in [4.69, 9.17) is 21.4 Å². The Hall–Kier alpha value is -2.12. The summed E-state index contributed by atoms with van der Waals surface area (Å²) in [6.45, 7) is 0.0595. The Balaban J connectivity index is 1.85. The molecule has 1 fully saturated rings. The van der Waals surface area contributed by atoms with Gasteiger partial charge < -0.3 is 25.2 Å². The molecule has 0 heterocycles. The molecule has 0 aromatic heterocycles. The minimum Gasteiger partial charge on any atom is -0.491 e. The van der Waals surface area contributed by atoms with Crippen molar-refractivity contribution in [3.05, 3.63) is 65.7 Å². The molecule has 6 nitrogen and oxygen atoms in total. The van der Waals surface area contributed by atoms with Crippen molar-refractivity contribution in [1.29, 1.82) is 0 Å². The zero-order valence-electron chi connectivity index (χ0n) is 16.0. The van der Waals surface area contributed by atoms with E-state index in [0.29, 0.717) is 23.6 Å². The Morgan fingerprint density at radius 1 is 1.17 bits per heavy atom. The standard InChI is InChI=1S/C22H27ClO6/c23-15-7-10-17(11-8-15)29-14-16(24)9-12-19-18(20(25)13-21(19)26)5-3-1-2-4-6-22(27)28/h1,3-4,6-12,16,18-21,24-26H,2,5,13-14H2,(H,27,28)/b3-1-,6-4+,12-9+/t16-,18-,19-,20+,21-/m1/s1. The average Bonchev–Trinajstić information content (AvgIpc) is 2.94. The van der Waals surface area contributed by atoms with Crippen molar-refractivity contribution in [1.82, 2.24) is 0 Å². The van der Waals surface area contributed by atoms with Crippen LogP contribution in [-0.4, -0.2) is 51.3 Å². The molecule has 7 heteroatoms. The van der Waals surface area contributed by atoms with Gasteiger partial charge in [0.2, 0.25) is 0 Å². The molecule has 1 aromatic carbocycles. The van der Waals surface area contributed by atoms with Gasteiger partial charge in [0.05, 0.1) is 12.2 Å². The highest BCUT2D eigenvalue weighted by atomic mass is 35.5. The first kappa shape index (κ1) is 23.2. The van der Waals surface area contributed by atoms with Gasteiger partial charge in [0, 0.05) is 23.4 Å². The van der Waals surface area contributed by atoms with Crippen LogP contribution in [0.1, 0.15) is 19.3 Å². The van der Waals surface area contributed by atoms with Gasteiger partial charge in [-0.05, 0) is 43.0 Å². The number of benzene rings is 1. The monoisotopic (exact) mass is 422 g/mol. The fourth-order valence-corrected chi connectivity index (χ4v) is 3.45. The van der Waals surface area contributed by atoms with Crippen LogP contribution in [0.25, 0.3) is 0 Å². The van der Waals surface area contributed by atoms with Gasteiger partial charge in [0.15, 0.2) is 0 Å². The fourth-order valence-electron chi connectivity index (χ4n) is 3.33. The molecule has 4 N–H and O–H groups in total. The van der Waals surface area contributed by atoms with E-state index >= 15 is 0 Å². The molecule has 1 aliphatic rings. The highest BCUT2D eigenvalue weighted by molar-refractivity contribution is 6.30. The lowest BCUT2D eigenvalue weighted by Crippen LogP contribution is -2.21. The first-order chi connectivity index (χ1) is 13.9. The summed E-state index contributed by atoms with van der Waals surface area (Å²) >= 11 is 5.82. The number of aliphatic carboxylic acids is 1. The summed E-state index contributed by atoms with van der Waals surface area (Å²) in [7, 11) is 0. The molecule has 29 heavy (non-hydrogen) atoms. The summed E-state index contributed by atoms with van der Waals surface area (Å²) in [5.41, 5.74) is 0. The predicted octanol–water partition coefficient (Wildman–Crippen LogP) is 2.97. The zero-order valence-corrected chi connectivity index (χ0v) is 16.7. The van der Waals surface area contributed by atoms with Gasteiger partial charge >= 0.3 is 5.97 Å². The lowest BCUT2D eigenvalue weighted by atomic mass is 9.89. The molecular weight excluding hydrogens is 396 g/mol. The molecule has 0 aliphatic heterocycles. The summed E-state index contributed by atoms with van der Waals surface area (Å²) in [6, 6.07) is 6.82. The average molecular weight is 423 g/mol. The van der Waals surface area contributed by atoms with Crippen molar-refractivity contribution >= 4 is 17.6 Å². The molecule has 5 atom stereocenters. The minimum atomic E-state index is -0.989. The van der Waals surface area contributed by atoms with E-state index in [1.54, 1.807) is 36.4 Å². The number of hydrogen-bond acceptors (Lipinski definition) is 5. The molecule has 0 saturated heterocycles. The van der Waals surface area contributed by atoms with E-state index in [2.05, 4.69) is 0 Å². The van der Waals surface area contributed by atoms with Crippen LogP contribution < -0.4 is 4.74 Å². The van der Waals surface area contributed by atoms with Crippen LogP contribution >= 0.6 is 11.6 Å². The topological polar surface area (TPSA) is 107 Å². The van der Waals surface area contributed by atoms with Crippen LogP contribution in [-0.2, 0) is 4.79 Å². The van der Waals surface area contributed by atoms with Crippen LogP contribution in [0.3, 0.4) is 0 Å². The summed E-state index contributed by atoms with van der Waals surface area (Å²) in [5, 5.41) is 39.7. The number of allylic oxidation sites excluding steroid dienone is 3. The van der Waals surface area contributed by atoms with Gasteiger partial charge in [0.25, 0.3) is 0 Å². The molecule has 0 amide bonds. The Kier molecular flexibility index (Phi) is 9.41. The molecule has 1 saturated carbocycles. The zero-order chi connectivity index (χ0) is 21.2. The molecule has 158 valence electrons. The maximum Gasteiger partial charge on any atom is 0.327 e. The maximum absolute atomic E-state index is 10.4. The molecule has 0 unspecified atom stereocenters. The second-order valence-corrected chi connectivity index (χ2v) is 7.45. The third-order valence-corrected chi connectivity index (χ3v) is 5.07. The van der Waals surface area contributed by atoms with Gasteiger partial charge in [0.1, 0.15) is 18.5 Å². The van der Waals surface area contributed by atoms with Crippen molar-refractivity contribution in [3.63, 3.8) is 0 Å². The number of carboxylic acid groups (broad SMARTS) is 1. The number of aliphatic hydroxyl groups excluding tert-OH is 3. The van der Waals surface area contributed by atoms with Crippen LogP contribution in [0.15, 0.2) is 60.7 Å². The quantitative estimate of drug-likeness (QED) is 0.341. The van der Waals surface area contributed by atoms with E-state index < -0.39 is 24.3 Å². The smallest absolute Gasteiger partial charge is 0.327 e. The normalized spacial score (nSPS) is 25.9. The van der Waals surface area contributed by atoms with Gasteiger partial charge in [-0.3, -0.25) is 0 Å². The van der Waals surface area contributed by atoms with Crippen molar-refractivity contribution < 1.29 is 30.0 Å². The first-order valence-corrected chi connectivity index (χ1v) is 9.90. The molecule has 1 aromatic rings. The number of rotatable bonds is 10. The van der Waals surface area contributed by atoms with Crippen molar-refractivity contribution in [3.8, 4) is 5.75 Å². The van der Waals surface area contributed by atoms with Crippen LogP contribution in [0.4, 0.5) is 0 Å². The molecule has 1 aliphatic carbocycles. The van der Waals surface area contributed by atoms with Gasteiger partial charge in [-0.15, -0.1) is 0 Å². The van der Waals surface area contributed by atoms with Gasteiger partial charge in [-0.2, -0.15) is 0 Å². The Bertz CT molecular complexity index is 727. The highest BCUT2D eigenvalue weighted by Gasteiger charge is 2.39. The van der Waals surface area contributed by atoms with Crippen molar-refractivity contribution in [2.24, 2.45) is 11.8 Å². The number of aliphatic hydroxyl groups is 3. The maximum atomic E-state index is 10.4. The number of hydrogen-bond donors (Lipinski definition) is 4. The Labute approximate surface area is 175 Å². The third kappa shape index (κ3) is 8.03. The van der Waals surface area contributed by atoms with Crippen LogP contribution in [0.5, 0.6) is 5.75 Å². The Morgan fingerprint density at radius 2 is 1.90 bits per heavy atom. The van der Waals surface area contributed by atoms with Crippen LogP contribution in [0.2, 0.25) is 5.02 Å². The van der Waals surface area contributed by atoms with Crippen LogP contribution in [0, 0.1) is 11.8 Å². The first-order valence-electron chi connectivity index (χ1n) is 9.52. The van der Waals surface area contributed by atoms with Gasteiger partial charge in [-0.25, -0.2) is 4.79 Å². The van der Waals surface area contributed by atoms with Crippen molar-refractivity contribution in [2.75, 3.05) is 6.61 Å². The molecule has 2 rings (SSSR count). The lowest BCUT2D eigenvalue weighted by molar-refractivity contribution is -0.131. The molecule has 0 radical (unpaired) electrons. The minimum absolute atomic E-state index is 0.0595. The largest absolute Gasteiger partial charge is 0.491 e. The molecule has 0 spiro atoms. The highest BCUT2D eigenvalue weighted by Crippen LogP contribution is 2.36. The molecule has 0 bridgehead atoms. The summed E-state index contributed by atoms with van der Waals surface area (Å²) < 4.78 is 5.50. The Morgan fingerprint density at radius 3 is 2.59 bits per heavy atom. The number of carbonyl (C=O) groups is 1. The summed E-state index contributed by atoms with van der Waals surface area (Å²) in [6.07, 6.45) is 8.77. The fraction of sp³-hybridized carbons (Fsp3) is 0.409.